The molecule has 0 aliphatic heterocycles. The molecule has 3 atom stereocenters. The highest BCUT2D eigenvalue weighted by molar-refractivity contribution is 6.52. The first kappa shape index (κ1) is 14.0. The largest absolute Gasteiger partial charge is 0.496 e. The zero-order valence-corrected chi connectivity index (χ0v) is 14.3. The lowest BCUT2D eigenvalue weighted by Gasteiger charge is -2.20. The number of halogens is 2. The lowest BCUT2D eigenvalue weighted by molar-refractivity contribution is 0.337. The van der Waals surface area contributed by atoms with Crippen molar-refractivity contribution in [2.24, 2.45) is 10.8 Å². The number of ether oxygens (including phenoxy) is 2. The van der Waals surface area contributed by atoms with Crippen molar-refractivity contribution in [3.8, 4) is 11.5 Å². The van der Waals surface area contributed by atoms with Crippen LogP contribution in [0.5, 0.6) is 11.5 Å². The normalized spacial score (nSPS) is 36.7. The van der Waals surface area contributed by atoms with Gasteiger partial charge >= 0.3 is 0 Å². The summed E-state index contributed by atoms with van der Waals surface area (Å²) in [6, 6.07) is 4.01. The number of rotatable bonds is 2. The standard InChI is InChI=1S/C17H20Cl2O2/c1-15(2)16(17(15,18)19)9-5-6-10(16)14-12(21-4)8-7-11(20-3)13(9)14/h7-10H,5-6H2,1-4H3/t9-,10+,16?. The summed E-state index contributed by atoms with van der Waals surface area (Å²) in [5, 5.41) is 0. The molecule has 1 unspecified atom stereocenters. The summed E-state index contributed by atoms with van der Waals surface area (Å²) in [5.41, 5.74) is 2.39. The second-order valence-electron chi connectivity index (χ2n) is 7.05. The van der Waals surface area contributed by atoms with Crippen molar-refractivity contribution >= 4 is 23.2 Å². The second kappa shape index (κ2) is 3.83. The molecular weight excluding hydrogens is 307 g/mol. The first-order valence-electron chi connectivity index (χ1n) is 7.48. The molecule has 0 saturated heterocycles. The topological polar surface area (TPSA) is 18.5 Å². The summed E-state index contributed by atoms with van der Waals surface area (Å²) >= 11 is 13.6. The van der Waals surface area contributed by atoms with Gasteiger partial charge in [-0.3, -0.25) is 0 Å². The number of benzene rings is 1. The van der Waals surface area contributed by atoms with Crippen LogP contribution in [0.4, 0.5) is 0 Å². The molecule has 0 amide bonds. The molecule has 21 heavy (non-hydrogen) atoms. The Kier molecular flexibility index (Phi) is 2.56. The van der Waals surface area contributed by atoms with Crippen LogP contribution in [0.3, 0.4) is 0 Å². The maximum atomic E-state index is 6.79. The fraction of sp³-hybridized carbons (Fsp3) is 0.647. The maximum absolute atomic E-state index is 6.79. The van der Waals surface area contributed by atoms with Crippen molar-refractivity contribution in [2.45, 2.75) is 42.9 Å². The van der Waals surface area contributed by atoms with E-state index in [4.69, 9.17) is 32.7 Å². The summed E-state index contributed by atoms with van der Waals surface area (Å²) < 4.78 is 10.6. The molecule has 4 rings (SSSR count). The molecule has 2 nitrogen and oxygen atoms in total. The molecule has 2 saturated carbocycles. The van der Waals surface area contributed by atoms with E-state index in [9.17, 15) is 0 Å². The quantitative estimate of drug-likeness (QED) is 0.721. The van der Waals surface area contributed by atoms with Gasteiger partial charge in [0, 0.05) is 22.0 Å². The van der Waals surface area contributed by atoms with E-state index < -0.39 is 4.33 Å². The van der Waals surface area contributed by atoms with E-state index in [1.807, 2.05) is 12.1 Å². The van der Waals surface area contributed by atoms with Gasteiger partial charge in [-0.25, -0.2) is 0 Å². The van der Waals surface area contributed by atoms with Gasteiger partial charge in [-0.1, -0.05) is 13.8 Å². The van der Waals surface area contributed by atoms with Crippen LogP contribution in [-0.2, 0) is 0 Å². The van der Waals surface area contributed by atoms with E-state index >= 15 is 0 Å². The van der Waals surface area contributed by atoms with Crippen LogP contribution in [-0.4, -0.2) is 18.6 Å². The Balaban J connectivity index is 1.99. The Morgan fingerprint density at radius 2 is 1.33 bits per heavy atom. The lowest BCUT2D eigenvalue weighted by Crippen LogP contribution is -2.14. The summed E-state index contributed by atoms with van der Waals surface area (Å²) in [5.74, 6) is 2.63. The molecule has 0 heterocycles. The SMILES string of the molecule is COc1ccc(OC)c2c1[C@H]1CC[C@@H]2C12C(C)(C)C2(Cl)Cl. The Morgan fingerprint density at radius 1 is 0.952 bits per heavy atom. The van der Waals surface area contributed by atoms with E-state index in [-0.39, 0.29) is 10.8 Å². The van der Waals surface area contributed by atoms with Crippen LogP contribution in [0.25, 0.3) is 0 Å². The van der Waals surface area contributed by atoms with Crippen LogP contribution in [0.15, 0.2) is 12.1 Å². The van der Waals surface area contributed by atoms with Gasteiger partial charge in [-0.05, 0) is 36.8 Å². The van der Waals surface area contributed by atoms with Gasteiger partial charge in [0.25, 0.3) is 0 Å². The van der Waals surface area contributed by atoms with Crippen LogP contribution >= 0.6 is 23.2 Å². The zero-order valence-electron chi connectivity index (χ0n) is 12.8. The van der Waals surface area contributed by atoms with Crippen molar-refractivity contribution in [2.75, 3.05) is 14.2 Å². The number of hydrogen-bond acceptors (Lipinski definition) is 2. The van der Waals surface area contributed by atoms with Crippen molar-refractivity contribution in [3.63, 3.8) is 0 Å². The molecule has 3 aliphatic carbocycles. The van der Waals surface area contributed by atoms with Crippen molar-refractivity contribution in [1.82, 2.24) is 0 Å². The summed E-state index contributed by atoms with van der Waals surface area (Å²) in [7, 11) is 3.46. The van der Waals surface area contributed by atoms with Crippen LogP contribution in [0, 0.1) is 10.8 Å². The van der Waals surface area contributed by atoms with Crippen molar-refractivity contribution < 1.29 is 9.47 Å². The van der Waals surface area contributed by atoms with Crippen molar-refractivity contribution in [3.05, 3.63) is 23.3 Å². The predicted molar refractivity (Wildman–Crippen MR) is 84.9 cm³/mol. The van der Waals surface area contributed by atoms with Gasteiger partial charge in [0.15, 0.2) is 0 Å². The number of fused-ring (bicyclic) bond motifs is 3. The first-order valence-corrected chi connectivity index (χ1v) is 8.24. The van der Waals surface area contributed by atoms with E-state index in [2.05, 4.69) is 13.8 Å². The van der Waals surface area contributed by atoms with Crippen molar-refractivity contribution in [1.29, 1.82) is 0 Å². The Morgan fingerprint density at radius 3 is 1.62 bits per heavy atom. The molecule has 1 aromatic rings. The third kappa shape index (κ3) is 1.19. The highest BCUT2D eigenvalue weighted by Crippen LogP contribution is 2.92. The van der Waals surface area contributed by atoms with E-state index in [0.717, 1.165) is 24.3 Å². The van der Waals surface area contributed by atoms with Gasteiger partial charge in [0.1, 0.15) is 15.8 Å². The summed E-state index contributed by atoms with van der Waals surface area (Å²) in [4.78, 5) is 0. The van der Waals surface area contributed by atoms with Gasteiger partial charge in [0.05, 0.1) is 14.2 Å². The molecular formula is C17H20Cl2O2. The van der Waals surface area contributed by atoms with E-state index in [1.165, 1.54) is 11.1 Å². The highest BCUT2D eigenvalue weighted by atomic mass is 35.5. The average Bonchev–Trinajstić information content (AvgIpc) is 2.86. The lowest BCUT2D eigenvalue weighted by atomic mass is 9.83. The molecule has 0 aromatic heterocycles. The van der Waals surface area contributed by atoms with Gasteiger partial charge in [-0.2, -0.15) is 0 Å². The highest BCUT2D eigenvalue weighted by Gasteiger charge is 2.90. The summed E-state index contributed by atoms with van der Waals surface area (Å²) in [6.07, 6.45) is 2.26. The molecule has 2 fully saturated rings. The van der Waals surface area contributed by atoms with Crippen LogP contribution < -0.4 is 9.47 Å². The van der Waals surface area contributed by atoms with Crippen LogP contribution in [0.2, 0.25) is 0 Å². The third-order valence-corrected chi connectivity index (χ3v) is 8.03. The third-order valence-electron chi connectivity index (χ3n) is 6.46. The molecule has 1 aromatic carbocycles. The number of alkyl halides is 2. The minimum atomic E-state index is -0.680. The predicted octanol–water partition coefficient (Wildman–Crippen LogP) is 4.88. The fourth-order valence-corrected chi connectivity index (χ4v) is 6.80. The Bertz CT molecular complexity index is 581. The summed E-state index contributed by atoms with van der Waals surface area (Å²) in [6.45, 7) is 4.40. The minimum absolute atomic E-state index is 0.0760. The second-order valence-corrected chi connectivity index (χ2v) is 8.38. The van der Waals surface area contributed by atoms with Gasteiger partial charge in [-0.15, -0.1) is 23.2 Å². The molecule has 4 heteroatoms. The monoisotopic (exact) mass is 326 g/mol. The maximum Gasteiger partial charge on any atom is 0.131 e. The smallest absolute Gasteiger partial charge is 0.131 e. The van der Waals surface area contributed by atoms with Gasteiger partial charge < -0.3 is 9.47 Å². The molecule has 0 N–H and O–H groups in total. The first-order chi connectivity index (χ1) is 9.86. The molecule has 114 valence electrons. The molecule has 2 bridgehead atoms. The number of methoxy groups -OCH3 is 2. The number of hydrogen-bond donors (Lipinski definition) is 0. The average molecular weight is 327 g/mol. The van der Waals surface area contributed by atoms with Gasteiger partial charge in [0.2, 0.25) is 0 Å². The molecule has 3 aliphatic rings. The molecule has 1 spiro atoms. The van der Waals surface area contributed by atoms with E-state index in [0.29, 0.717) is 11.8 Å². The fourth-order valence-electron chi connectivity index (χ4n) is 5.59. The zero-order chi connectivity index (χ0) is 15.2. The molecule has 0 radical (unpaired) electrons. The minimum Gasteiger partial charge on any atom is -0.496 e. The van der Waals surface area contributed by atoms with Crippen LogP contribution in [0.1, 0.15) is 49.7 Å². The Hall–Kier alpha value is -0.600. The Labute approximate surface area is 135 Å². The van der Waals surface area contributed by atoms with E-state index in [1.54, 1.807) is 14.2 Å².